The van der Waals surface area contributed by atoms with E-state index in [1.807, 2.05) is 12.1 Å². The Morgan fingerprint density at radius 2 is 2.00 bits per heavy atom. The molecule has 1 heterocycles. The molecule has 0 aromatic heterocycles. The van der Waals surface area contributed by atoms with Crippen molar-refractivity contribution in [2.75, 3.05) is 7.11 Å². The molecular weight excluding hydrogens is 333 g/mol. The highest BCUT2D eigenvalue weighted by Gasteiger charge is 2.23. The van der Waals surface area contributed by atoms with Crippen LogP contribution in [-0.2, 0) is 16.0 Å². The number of carbonyl (C=O) groups is 1. The smallest absolute Gasteiger partial charge is 0.363 e. The number of cyclic esters (lactones) is 1. The summed E-state index contributed by atoms with van der Waals surface area (Å²) in [6, 6.07) is 11.6. The minimum Gasteiger partial charge on any atom is -0.494 e. The van der Waals surface area contributed by atoms with Gasteiger partial charge >= 0.3 is 5.97 Å². The van der Waals surface area contributed by atoms with Gasteiger partial charge in [-0.2, -0.15) is 0 Å². The second kappa shape index (κ2) is 6.84. The van der Waals surface area contributed by atoms with Crippen molar-refractivity contribution < 1.29 is 18.7 Å². The first kappa shape index (κ1) is 16.2. The fourth-order valence-electron chi connectivity index (χ4n) is 2.24. The zero-order chi connectivity index (χ0) is 17.1. The molecule has 0 aliphatic carbocycles. The van der Waals surface area contributed by atoms with Crippen molar-refractivity contribution in [3.8, 4) is 5.75 Å². The van der Waals surface area contributed by atoms with Crippen LogP contribution in [0.5, 0.6) is 5.75 Å². The Hall–Kier alpha value is -2.66. The number of methoxy groups -OCH3 is 1. The summed E-state index contributed by atoms with van der Waals surface area (Å²) in [6.45, 7) is 0. The number of esters is 1. The lowest BCUT2D eigenvalue weighted by molar-refractivity contribution is -0.130. The molecule has 3 rings (SSSR count). The second-order valence-corrected chi connectivity index (χ2v) is 5.56. The van der Waals surface area contributed by atoms with E-state index in [2.05, 4.69) is 4.99 Å². The third-order valence-corrected chi connectivity index (χ3v) is 3.66. The summed E-state index contributed by atoms with van der Waals surface area (Å²) in [6.07, 6.45) is 1.84. The minimum atomic E-state index is -0.560. The summed E-state index contributed by atoms with van der Waals surface area (Å²) >= 11 is 5.84. The molecule has 1 aliphatic rings. The molecule has 122 valence electrons. The highest BCUT2D eigenvalue weighted by atomic mass is 35.5. The lowest BCUT2D eigenvalue weighted by atomic mass is 10.1. The summed E-state index contributed by atoms with van der Waals surface area (Å²) in [7, 11) is 1.39. The molecule has 0 saturated carbocycles. The standard InChI is InChI=1S/C18H13ClFNO3/c1-23-16-7-4-12(8-14(16)20)9-15-18(22)24-17(21-15)10-11-2-5-13(19)6-3-11/h2-9H,10H2,1H3/b15-9+. The largest absolute Gasteiger partial charge is 0.494 e. The van der Waals surface area contributed by atoms with Gasteiger partial charge in [-0.3, -0.25) is 0 Å². The summed E-state index contributed by atoms with van der Waals surface area (Å²) in [5.41, 5.74) is 1.54. The molecule has 0 radical (unpaired) electrons. The third-order valence-electron chi connectivity index (χ3n) is 3.41. The van der Waals surface area contributed by atoms with E-state index in [1.54, 1.807) is 18.2 Å². The van der Waals surface area contributed by atoms with E-state index in [0.717, 1.165) is 5.56 Å². The second-order valence-electron chi connectivity index (χ2n) is 5.12. The van der Waals surface area contributed by atoms with E-state index in [-0.39, 0.29) is 11.4 Å². The molecule has 4 nitrogen and oxygen atoms in total. The number of hydrogen-bond donors (Lipinski definition) is 0. The van der Waals surface area contributed by atoms with Crippen molar-refractivity contribution in [1.29, 1.82) is 0 Å². The molecule has 0 spiro atoms. The lowest BCUT2D eigenvalue weighted by Gasteiger charge is -2.01. The topological polar surface area (TPSA) is 47.9 Å². The van der Waals surface area contributed by atoms with E-state index in [1.165, 1.54) is 25.3 Å². The number of hydrogen-bond acceptors (Lipinski definition) is 4. The molecule has 1 aliphatic heterocycles. The fraction of sp³-hybridized carbons (Fsp3) is 0.111. The van der Waals surface area contributed by atoms with Gasteiger partial charge in [-0.05, 0) is 41.5 Å². The predicted molar refractivity (Wildman–Crippen MR) is 89.6 cm³/mol. The summed E-state index contributed by atoms with van der Waals surface area (Å²) in [5, 5.41) is 0.631. The first-order valence-electron chi connectivity index (χ1n) is 7.14. The normalized spacial score (nSPS) is 15.4. The number of aliphatic imine (C=N–C) groups is 1. The maximum absolute atomic E-state index is 13.7. The van der Waals surface area contributed by atoms with Crippen LogP contribution in [0.4, 0.5) is 4.39 Å². The van der Waals surface area contributed by atoms with Gasteiger partial charge in [-0.15, -0.1) is 0 Å². The molecule has 2 aromatic rings. The molecule has 0 N–H and O–H groups in total. The zero-order valence-corrected chi connectivity index (χ0v) is 13.5. The van der Waals surface area contributed by atoms with Gasteiger partial charge in [0.25, 0.3) is 0 Å². The van der Waals surface area contributed by atoms with Gasteiger partial charge in [0, 0.05) is 11.4 Å². The van der Waals surface area contributed by atoms with Crippen LogP contribution in [-0.4, -0.2) is 19.0 Å². The van der Waals surface area contributed by atoms with Gasteiger partial charge in [-0.1, -0.05) is 29.8 Å². The van der Waals surface area contributed by atoms with Gasteiger partial charge in [0.05, 0.1) is 7.11 Å². The van der Waals surface area contributed by atoms with Crippen LogP contribution in [0.25, 0.3) is 6.08 Å². The van der Waals surface area contributed by atoms with Gasteiger partial charge in [0.1, 0.15) is 0 Å². The molecule has 0 unspecified atom stereocenters. The number of halogens is 2. The van der Waals surface area contributed by atoms with E-state index >= 15 is 0 Å². The monoisotopic (exact) mass is 345 g/mol. The zero-order valence-electron chi connectivity index (χ0n) is 12.8. The van der Waals surface area contributed by atoms with E-state index in [0.29, 0.717) is 22.9 Å². The first-order chi connectivity index (χ1) is 11.5. The van der Waals surface area contributed by atoms with Crippen LogP contribution in [0.15, 0.2) is 53.2 Å². The van der Waals surface area contributed by atoms with Crippen molar-refractivity contribution in [3.63, 3.8) is 0 Å². The summed E-state index contributed by atoms with van der Waals surface area (Å²) < 4.78 is 23.7. The molecule has 0 saturated heterocycles. The Balaban J connectivity index is 1.80. The van der Waals surface area contributed by atoms with E-state index in [4.69, 9.17) is 21.1 Å². The van der Waals surface area contributed by atoms with Gasteiger partial charge < -0.3 is 9.47 Å². The Kier molecular flexibility index (Phi) is 4.62. The van der Waals surface area contributed by atoms with Gasteiger partial charge in [0.2, 0.25) is 5.90 Å². The number of rotatable bonds is 4. The Morgan fingerprint density at radius 3 is 2.67 bits per heavy atom. The van der Waals surface area contributed by atoms with Gasteiger partial charge in [-0.25, -0.2) is 14.2 Å². The van der Waals surface area contributed by atoms with Crippen molar-refractivity contribution in [2.45, 2.75) is 6.42 Å². The quantitative estimate of drug-likeness (QED) is 0.621. The number of nitrogens with zero attached hydrogens (tertiary/aromatic N) is 1. The molecular formula is C18H13ClFNO3. The minimum absolute atomic E-state index is 0.128. The van der Waals surface area contributed by atoms with Crippen LogP contribution < -0.4 is 4.74 Å². The highest BCUT2D eigenvalue weighted by Crippen LogP contribution is 2.22. The van der Waals surface area contributed by atoms with Crippen LogP contribution >= 0.6 is 11.6 Å². The van der Waals surface area contributed by atoms with E-state index < -0.39 is 11.8 Å². The maximum atomic E-state index is 13.7. The first-order valence-corrected chi connectivity index (χ1v) is 7.52. The predicted octanol–water partition coefficient (Wildman–Crippen LogP) is 4.03. The number of carbonyl (C=O) groups excluding carboxylic acids is 1. The van der Waals surface area contributed by atoms with Crippen LogP contribution in [0.3, 0.4) is 0 Å². The number of ether oxygens (including phenoxy) is 2. The number of benzene rings is 2. The lowest BCUT2D eigenvalue weighted by Crippen LogP contribution is -2.06. The summed E-state index contributed by atoms with van der Waals surface area (Å²) in [5.74, 6) is -0.639. The molecule has 2 aromatic carbocycles. The molecule has 0 atom stereocenters. The average molecular weight is 346 g/mol. The molecule has 6 heteroatoms. The highest BCUT2D eigenvalue weighted by molar-refractivity contribution is 6.30. The molecule has 0 fully saturated rings. The molecule has 24 heavy (non-hydrogen) atoms. The van der Waals surface area contributed by atoms with Crippen LogP contribution in [0.1, 0.15) is 11.1 Å². The van der Waals surface area contributed by atoms with Crippen molar-refractivity contribution in [2.24, 2.45) is 4.99 Å². The summed E-state index contributed by atoms with van der Waals surface area (Å²) in [4.78, 5) is 16.1. The molecule has 0 amide bonds. The van der Waals surface area contributed by atoms with E-state index in [9.17, 15) is 9.18 Å². The van der Waals surface area contributed by atoms with Crippen molar-refractivity contribution in [1.82, 2.24) is 0 Å². The average Bonchev–Trinajstić information content (AvgIpc) is 2.89. The fourth-order valence-corrected chi connectivity index (χ4v) is 2.36. The van der Waals surface area contributed by atoms with Gasteiger partial charge in [0.15, 0.2) is 17.3 Å². The Labute approximate surface area is 143 Å². The SMILES string of the molecule is COc1ccc(/C=C2/N=C(Cc3ccc(Cl)cc3)OC2=O)cc1F. The molecule has 0 bridgehead atoms. The third kappa shape index (κ3) is 3.63. The van der Waals surface area contributed by atoms with Crippen LogP contribution in [0.2, 0.25) is 5.02 Å². The van der Waals surface area contributed by atoms with Crippen molar-refractivity contribution in [3.05, 3.63) is 70.1 Å². The van der Waals surface area contributed by atoms with Crippen LogP contribution in [0, 0.1) is 5.82 Å². The Morgan fingerprint density at radius 1 is 1.25 bits per heavy atom. The Bertz CT molecular complexity index is 844. The maximum Gasteiger partial charge on any atom is 0.363 e. The van der Waals surface area contributed by atoms with Crippen molar-refractivity contribution >= 4 is 29.5 Å².